The van der Waals surface area contributed by atoms with Gasteiger partial charge in [-0.05, 0) is 12.8 Å². The highest BCUT2D eigenvalue weighted by Crippen LogP contribution is 2.34. The van der Waals surface area contributed by atoms with Crippen LogP contribution in [0, 0.1) is 0 Å². The number of primary amides is 1. The van der Waals surface area contributed by atoms with Crippen molar-refractivity contribution in [3.63, 3.8) is 0 Å². The van der Waals surface area contributed by atoms with Crippen molar-refractivity contribution in [2.45, 2.75) is 80.7 Å². The molecule has 4 aliphatic rings. The van der Waals surface area contributed by atoms with E-state index in [1.54, 1.807) is 17.2 Å². The van der Waals surface area contributed by atoms with Crippen molar-refractivity contribution in [3.8, 4) is 0 Å². The molecule has 0 unspecified atom stereocenters. The molecule has 0 radical (unpaired) electrons. The molecule has 0 spiro atoms. The highest BCUT2D eigenvalue weighted by molar-refractivity contribution is 5.88. The van der Waals surface area contributed by atoms with Crippen LogP contribution in [0.15, 0.2) is 30.3 Å². The van der Waals surface area contributed by atoms with Gasteiger partial charge in [0.2, 0.25) is 5.82 Å². The summed E-state index contributed by atoms with van der Waals surface area (Å²) in [6.45, 7) is -0.372. The van der Waals surface area contributed by atoms with Gasteiger partial charge >= 0.3 is 0 Å². The zero-order chi connectivity index (χ0) is 37.8. The van der Waals surface area contributed by atoms with Crippen molar-refractivity contribution in [1.29, 1.82) is 0 Å². The van der Waals surface area contributed by atoms with Gasteiger partial charge in [-0.25, -0.2) is 29.6 Å². The SMILES string of the molecule is NC(=O)c1ncn([C@@H]2O[C@H](CO)[C@@H](O)[C@H]2O)n1.Nc1ncnc2c1ncn2[C@H]1CC[C@@H](CO)O1.OC[C@H]1O[C@@H](n2cnc3c2NC=NC[C@H]3O)C[C@@H]1O. The van der Waals surface area contributed by atoms with Crippen LogP contribution >= 0.6 is 0 Å². The zero-order valence-electron chi connectivity index (χ0n) is 28.0. The van der Waals surface area contributed by atoms with Gasteiger partial charge in [-0.15, -0.1) is 5.10 Å². The molecule has 0 aromatic carbocycles. The molecule has 24 nitrogen and oxygen atoms in total. The lowest BCUT2D eigenvalue weighted by molar-refractivity contribution is -0.0588. The Balaban J connectivity index is 0.000000136. The van der Waals surface area contributed by atoms with E-state index in [9.17, 15) is 25.2 Å². The molecule has 24 heteroatoms. The van der Waals surface area contributed by atoms with Crippen LogP contribution in [0.4, 0.5) is 11.6 Å². The highest BCUT2D eigenvalue weighted by Gasteiger charge is 2.44. The lowest BCUT2D eigenvalue weighted by Gasteiger charge is -2.16. The van der Waals surface area contributed by atoms with Gasteiger partial charge in [0.15, 0.2) is 17.7 Å². The lowest BCUT2D eigenvalue weighted by atomic mass is 10.1. The number of nitrogens with two attached hydrogens (primary N) is 2. The van der Waals surface area contributed by atoms with Crippen molar-refractivity contribution in [2.24, 2.45) is 10.7 Å². The van der Waals surface area contributed by atoms with Gasteiger partial charge < -0.3 is 66.7 Å². The van der Waals surface area contributed by atoms with Crippen LogP contribution in [-0.4, -0.2) is 155 Å². The average molecular weight is 748 g/mol. The first kappa shape index (κ1) is 38.0. The molecule has 3 fully saturated rings. The van der Waals surface area contributed by atoms with Crippen molar-refractivity contribution in [3.05, 3.63) is 36.8 Å². The number of aliphatic imine (C=N–C) groups is 1. The Labute approximate surface area is 299 Å². The summed E-state index contributed by atoms with van der Waals surface area (Å²) in [5.74, 6) is -0.0618. The summed E-state index contributed by atoms with van der Waals surface area (Å²) >= 11 is 0. The topological polar surface area (TPSA) is 355 Å². The van der Waals surface area contributed by atoms with E-state index in [4.69, 9.17) is 41.0 Å². The average Bonchev–Trinajstić information content (AvgIpc) is 4.01. The fraction of sp³-hybridized carbons (Fsp3) is 0.586. The van der Waals surface area contributed by atoms with Gasteiger partial charge in [0.1, 0.15) is 72.7 Å². The predicted octanol–water partition coefficient (Wildman–Crippen LogP) is -3.92. The summed E-state index contributed by atoms with van der Waals surface area (Å²) < 4.78 is 21.0. The number of ether oxygens (including phenoxy) is 3. The molecule has 8 rings (SSSR count). The summed E-state index contributed by atoms with van der Waals surface area (Å²) in [6, 6.07) is 0. The number of nitrogens with one attached hydrogen (secondary N) is 1. The number of imidazole rings is 2. The quantitative estimate of drug-likeness (QED) is 0.0863. The second kappa shape index (κ2) is 16.5. The number of nitrogens with zero attached hydrogens (tertiary/aromatic N) is 10. The summed E-state index contributed by atoms with van der Waals surface area (Å²) in [7, 11) is 0. The summed E-state index contributed by atoms with van der Waals surface area (Å²) in [4.78, 5) is 34.8. The first-order valence-electron chi connectivity index (χ1n) is 16.5. The Hall–Kier alpha value is -4.76. The Morgan fingerprint density at radius 2 is 1.64 bits per heavy atom. The number of nitrogen functional groups attached to an aromatic ring is 1. The summed E-state index contributed by atoms with van der Waals surface area (Å²) in [5, 5.41) is 72.5. The van der Waals surface area contributed by atoms with Gasteiger partial charge in [-0.1, -0.05) is 0 Å². The van der Waals surface area contributed by atoms with Crippen LogP contribution in [0.2, 0.25) is 0 Å². The second-order valence-electron chi connectivity index (χ2n) is 12.4. The van der Waals surface area contributed by atoms with Crippen molar-refractivity contribution < 1.29 is 54.8 Å². The zero-order valence-corrected chi connectivity index (χ0v) is 28.0. The molecular weight excluding hydrogens is 706 g/mol. The number of amides is 1. The van der Waals surface area contributed by atoms with E-state index in [1.165, 1.54) is 12.7 Å². The Kier molecular flexibility index (Phi) is 11.8. The molecule has 12 N–H and O–H groups in total. The third-order valence-corrected chi connectivity index (χ3v) is 8.90. The highest BCUT2D eigenvalue weighted by atomic mass is 16.6. The van der Waals surface area contributed by atoms with Crippen LogP contribution in [0.3, 0.4) is 0 Å². The van der Waals surface area contributed by atoms with E-state index in [-0.39, 0.29) is 37.9 Å². The van der Waals surface area contributed by atoms with Gasteiger partial charge in [-0.3, -0.25) is 18.9 Å². The second-order valence-corrected chi connectivity index (χ2v) is 12.4. The number of anilines is 2. The maximum absolute atomic E-state index is 10.8. The van der Waals surface area contributed by atoms with Crippen LogP contribution in [0.5, 0.6) is 0 Å². The lowest BCUT2D eigenvalue weighted by Crippen LogP contribution is -2.33. The summed E-state index contributed by atoms with van der Waals surface area (Å²) in [5.41, 5.74) is 12.4. The van der Waals surface area contributed by atoms with E-state index >= 15 is 0 Å². The van der Waals surface area contributed by atoms with Gasteiger partial charge in [-0.2, -0.15) is 0 Å². The Bertz CT molecular complexity index is 1870. The van der Waals surface area contributed by atoms with Crippen LogP contribution in [-0.2, 0) is 14.2 Å². The monoisotopic (exact) mass is 747 g/mol. The van der Waals surface area contributed by atoms with E-state index in [2.05, 4.69) is 40.3 Å². The number of aliphatic hydroxyl groups excluding tert-OH is 7. The molecule has 4 aliphatic heterocycles. The maximum Gasteiger partial charge on any atom is 0.288 e. The molecule has 4 aromatic rings. The molecule has 10 atom stereocenters. The first-order chi connectivity index (χ1) is 25.5. The molecule has 0 saturated carbocycles. The van der Waals surface area contributed by atoms with Gasteiger partial charge in [0, 0.05) is 6.42 Å². The molecule has 4 aromatic heterocycles. The normalized spacial score (nSPS) is 30.5. The Morgan fingerprint density at radius 1 is 0.868 bits per heavy atom. The molecular formula is C29H41N13O11. The standard InChI is InChI=1S/C11H16N4O4.C10H13N5O2.C8H12N4O5/c16-3-8-6(17)1-9(19-8)15-5-14-10-7(18)2-12-4-13-11(10)15;11-9-8-10(13-4-12-9)15(5-14-8)7-2-1-6(3-16)17-7;9-6(16)7-10-2-12(11-7)8-5(15)4(14)3(1-13)17-8/h4-9,16-18H,1-3H2,(H,12,13);4-7,16H,1-3H2,(H2,11,12,13);2-5,8,13-15H,1H2,(H2,9,16)/t6-,7+,8+,9+;6-,7+;3-,4-,5-,8-/m001/s1. The summed E-state index contributed by atoms with van der Waals surface area (Å²) in [6.07, 6.45) is 2.17. The number of rotatable bonds is 7. The number of fused-ring (bicyclic) bond motifs is 2. The number of hydrogen-bond donors (Lipinski definition) is 10. The van der Waals surface area contributed by atoms with E-state index in [1.807, 2.05) is 4.57 Å². The number of aliphatic hydroxyl groups is 7. The molecule has 0 aliphatic carbocycles. The van der Waals surface area contributed by atoms with Crippen LogP contribution < -0.4 is 16.8 Å². The molecule has 288 valence electrons. The minimum absolute atomic E-state index is 0.0419. The fourth-order valence-electron chi connectivity index (χ4n) is 6.10. The number of hydrogen-bond acceptors (Lipinski definition) is 20. The molecule has 8 heterocycles. The number of carbonyl (C=O) groups is 1. The first-order valence-corrected chi connectivity index (χ1v) is 16.5. The number of aromatic nitrogens is 9. The van der Waals surface area contributed by atoms with Crippen LogP contribution in [0.25, 0.3) is 11.2 Å². The van der Waals surface area contributed by atoms with Gasteiger partial charge in [0.25, 0.3) is 5.91 Å². The smallest absolute Gasteiger partial charge is 0.288 e. The van der Waals surface area contributed by atoms with E-state index in [0.29, 0.717) is 34.9 Å². The maximum atomic E-state index is 10.8. The van der Waals surface area contributed by atoms with E-state index < -0.39 is 61.6 Å². The molecule has 53 heavy (non-hydrogen) atoms. The fourth-order valence-corrected chi connectivity index (χ4v) is 6.10. The van der Waals surface area contributed by atoms with Crippen LogP contribution in [0.1, 0.15) is 60.4 Å². The largest absolute Gasteiger partial charge is 0.394 e. The predicted molar refractivity (Wildman–Crippen MR) is 177 cm³/mol. The minimum Gasteiger partial charge on any atom is -0.394 e. The van der Waals surface area contributed by atoms with Crippen molar-refractivity contribution >= 4 is 35.0 Å². The minimum atomic E-state index is -1.27. The third-order valence-electron chi connectivity index (χ3n) is 8.90. The molecule has 3 saturated heterocycles. The van der Waals surface area contributed by atoms with E-state index in [0.717, 1.165) is 23.9 Å². The Morgan fingerprint density at radius 3 is 2.30 bits per heavy atom. The number of carbonyl (C=O) groups excluding carboxylic acids is 1. The van der Waals surface area contributed by atoms with Crippen molar-refractivity contribution in [1.82, 2.24) is 43.8 Å². The molecule has 0 bridgehead atoms. The van der Waals surface area contributed by atoms with Gasteiger partial charge in [0.05, 0.1) is 57.6 Å². The molecule has 1 amide bonds. The van der Waals surface area contributed by atoms with Crippen molar-refractivity contribution in [2.75, 3.05) is 37.4 Å². The third kappa shape index (κ3) is 7.96.